The standard InChI is InChI=1S/C31H33N5O4S/c1-19-6-5-7-23(16-19)36-30(39)35-22-11-8-20(9-12-22)24-18-41-28-21(17-34-29(32)27(24)28)10-13-25(37)33-15-14-26(38)40-31(2,3)4/h5-13,16-18H,14-15H2,1-4H3,(H2,32,34)(H,33,37)(H2,35,36,39)/b13-10+. The van der Waals surface area contributed by atoms with E-state index in [2.05, 4.69) is 20.9 Å². The van der Waals surface area contributed by atoms with Gasteiger partial charge in [0.15, 0.2) is 0 Å². The molecule has 2 heterocycles. The molecule has 212 valence electrons. The van der Waals surface area contributed by atoms with Crippen LogP contribution in [0.3, 0.4) is 0 Å². The SMILES string of the molecule is Cc1cccc(NC(=O)Nc2ccc(-c3csc4c(/C=C/C(=O)NCCC(=O)OC(C)(C)C)cnc(N)c34)cc2)c1. The number of aromatic nitrogens is 1. The number of aryl methyl sites for hydroxylation is 1. The average molecular weight is 572 g/mol. The van der Waals surface area contributed by atoms with Gasteiger partial charge in [-0.25, -0.2) is 9.78 Å². The van der Waals surface area contributed by atoms with Crippen LogP contribution in [0.2, 0.25) is 0 Å². The van der Waals surface area contributed by atoms with E-state index in [4.69, 9.17) is 10.5 Å². The van der Waals surface area contributed by atoms with Crippen LogP contribution in [0.15, 0.2) is 66.2 Å². The maximum Gasteiger partial charge on any atom is 0.323 e. The highest BCUT2D eigenvalue weighted by atomic mass is 32.1. The Balaban J connectivity index is 1.41. The smallest absolute Gasteiger partial charge is 0.323 e. The van der Waals surface area contributed by atoms with Crippen molar-refractivity contribution < 1.29 is 19.1 Å². The Morgan fingerprint density at radius 1 is 1.05 bits per heavy atom. The Hall–Kier alpha value is -4.70. The molecule has 0 saturated carbocycles. The molecule has 2 aromatic carbocycles. The fourth-order valence-electron chi connectivity index (χ4n) is 4.07. The second kappa shape index (κ2) is 12.6. The van der Waals surface area contributed by atoms with Crippen LogP contribution in [0.1, 0.15) is 38.3 Å². The number of hydrogen-bond donors (Lipinski definition) is 4. The zero-order valence-electron chi connectivity index (χ0n) is 23.4. The number of carbonyl (C=O) groups is 3. The number of fused-ring (bicyclic) bond motifs is 1. The van der Waals surface area contributed by atoms with Crippen molar-refractivity contribution in [1.29, 1.82) is 0 Å². The quantitative estimate of drug-likeness (QED) is 0.144. The summed E-state index contributed by atoms with van der Waals surface area (Å²) in [5.74, 6) is -0.313. The minimum atomic E-state index is -0.564. The fourth-order valence-corrected chi connectivity index (χ4v) is 5.15. The molecule has 2 aromatic heterocycles. The van der Waals surface area contributed by atoms with Gasteiger partial charge in [0.05, 0.1) is 6.42 Å². The Labute approximate surface area is 242 Å². The van der Waals surface area contributed by atoms with E-state index in [1.807, 2.05) is 60.8 Å². The molecule has 5 N–H and O–H groups in total. The first kappa shape index (κ1) is 29.3. The monoisotopic (exact) mass is 571 g/mol. The van der Waals surface area contributed by atoms with Crippen molar-refractivity contribution in [2.45, 2.75) is 39.7 Å². The molecule has 9 nitrogen and oxygen atoms in total. The van der Waals surface area contributed by atoms with Crippen LogP contribution < -0.4 is 21.7 Å². The van der Waals surface area contributed by atoms with Gasteiger partial charge in [-0.3, -0.25) is 9.59 Å². The van der Waals surface area contributed by atoms with Crippen molar-refractivity contribution in [3.63, 3.8) is 0 Å². The molecule has 3 amide bonds. The summed E-state index contributed by atoms with van der Waals surface area (Å²) >= 11 is 1.50. The highest BCUT2D eigenvalue weighted by Crippen LogP contribution is 2.39. The first-order valence-corrected chi connectivity index (χ1v) is 13.9. The van der Waals surface area contributed by atoms with Crippen LogP contribution in [-0.4, -0.2) is 35.0 Å². The molecule has 0 fully saturated rings. The number of pyridine rings is 1. The maximum absolute atomic E-state index is 12.4. The summed E-state index contributed by atoms with van der Waals surface area (Å²) in [6, 6.07) is 14.7. The van der Waals surface area contributed by atoms with Crippen molar-refractivity contribution in [2.75, 3.05) is 22.9 Å². The van der Waals surface area contributed by atoms with Crippen molar-refractivity contribution in [3.05, 3.63) is 77.3 Å². The number of carbonyl (C=O) groups excluding carboxylic acids is 3. The summed E-state index contributed by atoms with van der Waals surface area (Å²) in [5, 5.41) is 11.1. The number of benzene rings is 2. The number of hydrogen-bond acceptors (Lipinski definition) is 7. The Bertz CT molecular complexity index is 1600. The van der Waals surface area contributed by atoms with Gasteiger partial charge in [-0.15, -0.1) is 11.3 Å². The second-order valence-electron chi connectivity index (χ2n) is 10.4. The van der Waals surface area contributed by atoms with Crippen molar-refractivity contribution in [2.24, 2.45) is 0 Å². The number of nitrogens with one attached hydrogen (secondary N) is 3. The zero-order chi connectivity index (χ0) is 29.6. The topological polar surface area (TPSA) is 135 Å². The van der Waals surface area contributed by atoms with E-state index in [9.17, 15) is 14.4 Å². The Kier molecular flexibility index (Phi) is 9.04. The average Bonchev–Trinajstić information content (AvgIpc) is 3.34. The number of nitrogen functional groups attached to an aromatic ring is 1. The molecule has 4 rings (SSSR count). The summed E-state index contributed by atoms with van der Waals surface area (Å²) < 4.78 is 6.14. The normalized spacial score (nSPS) is 11.4. The number of anilines is 3. The largest absolute Gasteiger partial charge is 0.460 e. The van der Waals surface area contributed by atoms with E-state index in [0.717, 1.165) is 38.0 Å². The van der Waals surface area contributed by atoms with Crippen LogP contribution in [0.25, 0.3) is 27.3 Å². The van der Waals surface area contributed by atoms with Gasteiger partial charge >= 0.3 is 12.0 Å². The molecule has 0 unspecified atom stereocenters. The molecular weight excluding hydrogens is 538 g/mol. The molecule has 0 bridgehead atoms. The number of ether oxygens (including phenoxy) is 1. The third-order valence-corrected chi connectivity index (χ3v) is 6.87. The zero-order valence-corrected chi connectivity index (χ0v) is 24.2. The summed E-state index contributed by atoms with van der Waals surface area (Å²) in [4.78, 5) is 40.9. The summed E-state index contributed by atoms with van der Waals surface area (Å²) in [7, 11) is 0. The minimum absolute atomic E-state index is 0.0878. The van der Waals surface area contributed by atoms with Gasteiger partial charge in [-0.05, 0) is 74.5 Å². The van der Waals surface area contributed by atoms with E-state index in [-0.39, 0.29) is 30.9 Å². The summed E-state index contributed by atoms with van der Waals surface area (Å²) in [5.41, 5.74) is 10.7. The van der Waals surface area contributed by atoms with Crippen molar-refractivity contribution in [1.82, 2.24) is 10.3 Å². The third kappa shape index (κ3) is 8.15. The molecule has 10 heteroatoms. The lowest BCUT2D eigenvalue weighted by Gasteiger charge is -2.19. The number of rotatable bonds is 8. The third-order valence-electron chi connectivity index (χ3n) is 5.84. The number of urea groups is 1. The predicted molar refractivity (Wildman–Crippen MR) is 166 cm³/mol. The van der Waals surface area contributed by atoms with Crippen LogP contribution in [-0.2, 0) is 14.3 Å². The summed E-state index contributed by atoms with van der Waals surface area (Å²) in [6.45, 7) is 7.53. The molecule has 0 saturated heterocycles. The Morgan fingerprint density at radius 2 is 1.78 bits per heavy atom. The molecular formula is C31H33N5O4S. The Morgan fingerprint density at radius 3 is 2.49 bits per heavy atom. The summed E-state index contributed by atoms with van der Waals surface area (Å²) in [6.07, 6.45) is 4.80. The van der Waals surface area contributed by atoms with Gasteiger partial charge in [0.1, 0.15) is 11.4 Å². The molecule has 41 heavy (non-hydrogen) atoms. The van der Waals surface area contributed by atoms with Gasteiger partial charge in [-0.2, -0.15) is 0 Å². The van der Waals surface area contributed by atoms with Crippen LogP contribution in [0.4, 0.5) is 22.0 Å². The number of nitrogens with two attached hydrogens (primary N) is 1. The fraction of sp³-hybridized carbons (Fsp3) is 0.226. The van der Waals surface area contributed by atoms with E-state index < -0.39 is 5.60 Å². The van der Waals surface area contributed by atoms with E-state index in [1.54, 1.807) is 33.0 Å². The first-order chi connectivity index (χ1) is 19.5. The minimum Gasteiger partial charge on any atom is -0.460 e. The van der Waals surface area contributed by atoms with Gasteiger partial charge in [-0.1, -0.05) is 24.3 Å². The number of thiophene rings is 1. The van der Waals surface area contributed by atoms with Crippen LogP contribution in [0.5, 0.6) is 0 Å². The lowest BCUT2D eigenvalue weighted by molar-refractivity contribution is -0.154. The van der Waals surface area contributed by atoms with Gasteiger partial charge in [0.2, 0.25) is 5.91 Å². The second-order valence-corrected chi connectivity index (χ2v) is 11.3. The molecule has 0 aliphatic rings. The lowest BCUT2D eigenvalue weighted by Crippen LogP contribution is -2.28. The van der Waals surface area contributed by atoms with Crippen LogP contribution in [0, 0.1) is 6.92 Å². The maximum atomic E-state index is 12.4. The highest BCUT2D eigenvalue weighted by molar-refractivity contribution is 7.18. The van der Waals surface area contributed by atoms with Crippen molar-refractivity contribution >= 4 is 62.6 Å². The first-order valence-electron chi connectivity index (χ1n) is 13.1. The predicted octanol–water partition coefficient (Wildman–Crippen LogP) is 6.36. The van der Waals surface area contributed by atoms with Gasteiger partial charge in [0.25, 0.3) is 0 Å². The number of amides is 3. The van der Waals surface area contributed by atoms with Gasteiger partial charge in [0, 0.05) is 51.4 Å². The molecule has 0 aliphatic heterocycles. The van der Waals surface area contributed by atoms with Gasteiger partial charge < -0.3 is 26.4 Å². The van der Waals surface area contributed by atoms with Crippen LogP contribution >= 0.6 is 11.3 Å². The molecule has 0 aliphatic carbocycles. The highest BCUT2D eigenvalue weighted by Gasteiger charge is 2.16. The van der Waals surface area contributed by atoms with E-state index in [1.165, 1.54) is 17.4 Å². The molecule has 4 aromatic rings. The molecule has 0 atom stereocenters. The number of esters is 1. The van der Waals surface area contributed by atoms with E-state index >= 15 is 0 Å². The molecule has 0 radical (unpaired) electrons. The molecule has 0 spiro atoms. The number of nitrogens with zero attached hydrogens (tertiary/aromatic N) is 1. The van der Waals surface area contributed by atoms with E-state index in [0.29, 0.717) is 11.5 Å². The van der Waals surface area contributed by atoms with Crippen molar-refractivity contribution in [3.8, 4) is 11.1 Å². The lowest BCUT2D eigenvalue weighted by atomic mass is 10.0.